The molecule has 12 heteroatoms. The third-order valence-corrected chi connectivity index (χ3v) is 7.36. The molecule has 2 amide bonds. The van der Waals surface area contributed by atoms with Gasteiger partial charge in [0.05, 0.1) is 11.9 Å². The van der Waals surface area contributed by atoms with Crippen LogP contribution in [0.1, 0.15) is 53.6 Å². The van der Waals surface area contributed by atoms with Crippen molar-refractivity contribution in [1.82, 2.24) is 10.2 Å². The van der Waals surface area contributed by atoms with Gasteiger partial charge in [-0.1, -0.05) is 25.3 Å². The quantitative estimate of drug-likeness (QED) is 0.555. The Kier molecular flexibility index (Phi) is 12.5. The van der Waals surface area contributed by atoms with Crippen LogP contribution in [0, 0.1) is 5.92 Å². The molecular weight excluding hydrogens is 546 g/mol. The largest absolute Gasteiger partial charge is 0.366 e. The molecule has 1 aromatic rings. The lowest BCUT2D eigenvalue weighted by atomic mass is 9.83. The topological polar surface area (TPSA) is 88.1 Å². The number of rotatable bonds is 4. The molecule has 0 spiro atoms. The zero-order valence-corrected chi connectivity index (χ0v) is 24.0. The molecule has 0 bridgehead atoms. The average Bonchev–Trinajstić information content (AvgIpc) is 3.49. The minimum atomic E-state index is -0.673. The molecule has 3 heterocycles. The van der Waals surface area contributed by atoms with Gasteiger partial charge in [0, 0.05) is 18.3 Å². The van der Waals surface area contributed by atoms with E-state index in [4.69, 9.17) is 16.3 Å². The molecule has 196 valence electrons. The Bertz CT molecular complexity index is 961. The first-order valence-corrected chi connectivity index (χ1v) is 11.5. The SMILES string of the molecule is O=C(N[C@H](C(=O)N1C[C@H](Cl)[C@H]2OCC(=O)[C@H]21)C1CCCCC1)c1ccc2c(c1)CN=C2.S.S.S.S. The Hall–Kier alpha value is -0.850. The number of hydrogen-bond donors (Lipinski definition) is 1. The molecule has 35 heavy (non-hydrogen) atoms. The molecule has 1 saturated carbocycles. The highest BCUT2D eigenvalue weighted by molar-refractivity contribution is 7.59. The predicted octanol–water partition coefficient (Wildman–Crippen LogP) is 2.54. The molecule has 5 rings (SSSR count). The van der Waals surface area contributed by atoms with Crippen molar-refractivity contribution in [2.24, 2.45) is 10.9 Å². The first-order valence-electron chi connectivity index (χ1n) is 11.1. The number of carbonyl (C=O) groups excluding carboxylic acids is 3. The van der Waals surface area contributed by atoms with Gasteiger partial charge in [-0.3, -0.25) is 19.4 Å². The van der Waals surface area contributed by atoms with Crippen molar-refractivity contribution >= 4 is 89.4 Å². The van der Waals surface area contributed by atoms with E-state index in [9.17, 15) is 14.4 Å². The number of ether oxygens (including phenoxy) is 1. The Morgan fingerprint density at radius 3 is 2.54 bits per heavy atom. The lowest BCUT2D eigenvalue weighted by molar-refractivity contribution is -0.139. The van der Waals surface area contributed by atoms with E-state index in [2.05, 4.69) is 10.3 Å². The summed E-state index contributed by atoms with van der Waals surface area (Å²) in [5, 5.41) is 2.60. The molecule has 7 nitrogen and oxygen atoms in total. The van der Waals surface area contributed by atoms with E-state index >= 15 is 0 Å². The number of nitrogens with one attached hydrogen (secondary N) is 1. The number of fused-ring (bicyclic) bond motifs is 2. The number of nitrogens with zero attached hydrogens (tertiary/aromatic N) is 2. The second-order valence-corrected chi connectivity index (χ2v) is 9.49. The number of hydrogen-bond acceptors (Lipinski definition) is 5. The number of ketones is 1. The van der Waals surface area contributed by atoms with E-state index in [0.717, 1.165) is 43.2 Å². The Morgan fingerprint density at radius 1 is 1.11 bits per heavy atom. The first-order chi connectivity index (χ1) is 15.0. The normalized spacial score (nSPS) is 25.2. The number of amides is 2. The van der Waals surface area contributed by atoms with E-state index in [-0.39, 0.29) is 90.6 Å². The summed E-state index contributed by atoms with van der Waals surface area (Å²) in [6.45, 7) is 0.814. The van der Waals surface area contributed by atoms with Crippen molar-refractivity contribution in [3.63, 3.8) is 0 Å². The lowest BCUT2D eigenvalue weighted by Crippen LogP contribution is -2.55. The standard InChI is InChI=1S/C23H26ClN3O4.4H2S/c24-17-11-27(20-18(28)12-31-21(17)20)23(30)19(13-4-2-1-3-5-13)26-22(29)14-6-7-15-9-25-10-16(15)8-14;;;;/h6-9,13,17,19-21H,1-5,10-12H2,(H,26,29);4*1H2/t17-,19-,20+,21+;;;;/m0..../s1. The van der Waals surface area contributed by atoms with Crippen LogP contribution >= 0.6 is 65.6 Å². The number of halogens is 1. The monoisotopic (exact) mass is 579 g/mol. The molecule has 0 unspecified atom stereocenters. The molecule has 3 aliphatic heterocycles. The molecule has 1 N–H and O–H groups in total. The third-order valence-electron chi connectivity index (χ3n) is 6.98. The summed E-state index contributed by atoms with van der Waals surface area (Å²) in [6, 6.07) is 4.18. The summed E-state index contributed by atoms with van der Waals surface area (Å²) in [4.78, 5) is 45.0. The van der Waals surface area contributed by atoms with Gasteiger partial charge >= 0.3 is 0 Å². The number of carbonyl (C=O) groups is 3. The highest BCUT2D eigenvalue weighted by Gasteiger charge is 2.53. The Balaban J connectivity index is 0.00000153. The van der Waals surface area contributed by atoms with Crippen LogP contribution in [-0.4, -0.2) is 65.4 Å². The highest BCUT2D eigenvalue weighted by atomic mass is 35.5. The van der Waals surface area contributed by atoms with Crippen LogP contribution in [0.15, 0.2) is 23.2 Å². The summed E-state index contributed by atoms with van der Waals surface area (Å²) in [6.07, 6.45) is 6.31. The van der Waals surface area contributed by atoms with E-state index in [0.29, 0.717) is 12.1 Å². The number of alkyl halides is 1. The average molecular weight is 580 g/mol. The van der Waals surface area contributed by atoms with Crippen molar-refractivity contribution in [2.45, 2.75) is 62.2 Å². The predicted molar refractivity (Wildman–Crippen MR) is 157 cm³/mol. The van der Waals surface area contributed by atoms with Crippen LogP contribution < -0.4 is 5.32 Å². The van der Waals surface area contributed by atoms with Gasteiger partial charge in [0.2, 0.25) is 5.91 Å². The number of aliphatic imine (C=N–C) groups is 1. The minimum Gasteiger partial charge on any atom is -0.366 e. The fourth-order valence-electron chi connectivity index (χ4n) is 5.33. The van der Waals surface area contributed by atoms with Gasteiger partial charge in [0.15, 0.2) is 5.78 Å². The molecule has 2 saturated heterocycles. The van der Waals surface area contributed by atoms with Crippen LogP contribution in [0.2, 0.25) is 0 Å². The molecule has 4 aliphatic rings. The van der Waals surface area contributed by atoms with Crippen LogP contribution in [0.4, 0.5) is 0 Å². The van der Waals surface area contributed by atoms with E-state index in [1.165, 1.54) is 0 Å². The number of benzene rings is 1. The third kappa shape index (κ3) is 6.35. The Morgan fingerprint density at radius 2 is 1.83 bits per heavy atom. The summed E-state index contributed by atoms with van der Waals surface area (Å²) in [5.41, 5.74) is 2.55. The van der Waals surface area contributed by atoms with E-state index < -0.39 is 23.6 Å². The maximum Gasteiger partial charge on any atom is 0.251 e. The molecule has 1 aromatic carbocycles. The van der Waals surface area contributed by atoms with Crippen molar-refractivity contribution in [3.05, 3.63) is 34.9 Å². The second-order valence-electron chi connectivity index (χ2n) is 8.93. The van der Waals surface area contributed by atoms with Crippen molar-refractivity contribution in [2.75, 3.05) is 13.2 Å². The highest BCUT2D eigenvalue weighted by Crippen LogP contribution is 2.34. The maximum absolute atomic E-state index is 13.7. The van der Waals surface area contributed by atoms with Gasteiger partial charge in [-0.25, -0.2) is 0 Å². The summed E-state index contributed by atoms with van der Waals surface area (Å²) in [5.74, 6) is -0.561. The van der Waals surface area contributed by atoms with Gasteiger partial charge in [0.1, 0.15) is 24.8 Å². The maximum atomic E-state index is 13.7. The molecular formula is C23H34ClN3O4S4. The summed E-state index contributed by atoms with van der Waals surface area (Å²) < 4.78 is 5.53. The van der Waals surface area contributed by atoms with Crippen LogP contribution in [0.5, 0.6) is 0 Å². The zero-order chi connectivity index (χ0) is 21.5. The summed E-state index contributed by atoms with van der Waals surface area (Å²) in [7, 11) is 0. The Labute approximate surface area is 238 Å². The lowest BCUT2D eigenvalue weighted by Gasteiger charge is -2.34. The fourth-order valence-corrected chi connectivity index (χ4v) is 5.69. The van der Waals surface area contributed by atoms with E-state index in [1.54, 1.807) is 17.2 Å². The molecule has 1 aliphatic carbocycles. The number of Topliss-reactive ketones (excluding diaryl/α,β-unsaturated/α-hetero) is 1. The van der Waals surface area contributed by atoms with Crippen LogP contribution in [-0.2, 0) is 20.9 Å². The second kappa shape index (κ2) is 13.6. The molecule has 0 radical (unpaired) electrons. The van der Waals surface area contributed by atoms with Crippen LogP contribution in [0.25, 0.3) is 0 Å². The zero-order valence-electron chi connectivity index (χ0n) is 19.3. The van der Waals surface area contributed by atoms with Gasteiger partial charge in [-0.15, -0.1) is 11.6 Å². The van der Waals surface area contributed by atoms with Gasteiger partial charge in [-0.05, 0) is 42.0 Å². The fraction of sp³-hybridized carbons (Fsp3) is 0.565. The van der Waals surface area contributed by atoms with Crippen molar-refractivity contribution < 1.29 is 19.1 Å². The van der Waals surface area contributed by atoms with Crippen LogP contribution in [0.3, 0.4) is 0 Å². The molecule has 3 fully saturated rings. The first kappa shape index (κ1) is 32.2. The van der Waals surface area contributed by atoms with Gasteiger partial charge in [0.25, 0.3) is 5.91 Å². The smallest absolute Gasteiger partial charge is 0.251 e. The minimum absolute atomic E-state index is 0. The van der Waals surface area contributed by atoms with Crippen molar-refractivity contribution in [1.29, 1.82) is 0 Å². The molecule has 0 aromatic heterocycles. The molecule has 4 atom stereocenters. The van der Waals surface area contributed by atoms with Crippen molar-refractivity contribution in [3.8, 4) is 0 Å². The van der Waals surface area contributed by atoms with Gasteiger partial charge < -0.3 is 15.0 Å². The van der Waals surface area contributed by atoms with E-state index in [1.807, 2.05) is 12.1 Å². The van der Waals surface area contributed by atoms with Gasteiger partial charge in [-0.2, -0.15) is 54.0 Å². The number of likely N-dealkylation sites (tertiary alicyclic amines) is 1. The summed E-state index contributed by atoms with van der Waals surface area (Å²) >= 11 is 6.39.